The molecule has 3 rings (SSSR count). The second kappa shape index (κ2) is 9.09. The minimum atomic E-state index is -0.209. The summed E-state index contributed by atoms with van der Waals surface area (Å²) in [5.41, 5.74) is 2.65. The number of rotatable bonds is 6. The summed E-state index contributed by atoms with van der Waals surface area (Å²) >= 11 is 0. The molecular weight excluding hydrogens is 344 g/mol. The number of benzene rings is 2. The van der Waals surface area contributed by atoms with Crippen molar-refractivity contribution in [3.63, 3.8) is 0 Å². The van der Waals surface area contributed by atoms with Gasteiger partial charge in [-0.25, -0.2) is 0 Å². The smallest absolute Gasteiger partial charge is 0.248 e. The van der Waals surface area contributed by atoms with Gasteiger partial charge in [0, 0.05) is 36.1 Å². The van der Waals surface area contributed by atoms with Gasteiger partial charge >= 0.3 is 0 Å². The summed E-state index contributed by atoms with van der Waals surface area (Å²) in [6.45, 7) is 3.27. The van der Waals surface area contributed by atoms with Crippen LogP contribution in [-0.4, -0.2) is 46.4 Å². The minimum Gasteiger partial charge on any atom is -0.493 e. The number of hydrogen-bond acceptors (Lipinski definition) is 5. The third-order valence-corrected chi connectivity index (χ3v) is 4.36. The standard InChI is InChI=1S/C21H24N2O4/c1-25-19-5-3-4-16(21(19)26-2)6-11-20(24)22-17-7-9-18(10-8-17)23-12-14-27-15-13-23/h3-11H,12-15H2,1-2H3,(H,22,24). The van der Waals surface area contributed by atoms with E-state index in [2.05, 4.69) is 10.2 Å². The molecule has 2 aromatic carbocycles. The molecule has 0 unspecified atom stereocenters. The lowest BCUT2D eigenvalue weighted by Crippen LogP contribution is -2.36. The maximum absolute atomic E-state index is 12.2. The van der Waals surface area contributed by atoms with E-state index in [1.54, 1.807) is 20.3 Å². The summed E-state index contributed by atoms with van der Waals surface area (Å²) in [5, 5.41) is 2.87. The third-order valence-electron chi connectivity index (χ3n) is 4.36. The Hall–Kier alpha value is -2.99. The van der Waals surface area contributed by atoms with E-state index in [1.807, 2.05) is 42.5 Å². The van der Waals surface area contributed by atoms with Gasteiger partial charge in [0.05, 0.1) is 27.4 Å². The summed E-state index contributed by atoms with van der Waals surface area (Å²) in [4.78, 5) is 14.5. The summed E-state index contributed by atoms with van der Waals surface area (Å²) in [5.74, 6) is 1.01. The number of anilines is 2. The lowest BCUT2D eigenvalue weighted by atomic mass is 10.1. The topological polar surface area (TPSA) is 60.0 Å². The van der Waals surface area contributed by atoms with Crippen LogP contribution in [0.1, 0.15) is 5.56 Å². The van der Waals surface area contributed by atoms with E-state index >= 15 is 0 Å². The Morgan fingerprint density at radius 1 is 1.07 bits per heavy atom. The molecule has 0 spiro atoms. The van der Waals surface area contributed by atoms with E-state index in [1.165, 1.54) is 6.08 Å². The fourth-order valence-electron chi connectivity index (χ4n) is 2.97. The molecule has 142 valence electrons. The van der Waals surface area contributed by atoms with Crippen molar-refractivity contribution < 1.29 is 19.0 Å². The Labute approximate surface area is 159 Å². The lowest BCUT2D eigenvalue weighted by molar-refractivity contribution is -0.111. The van der Waals surface area contributed by atoms with Crippen LogP contribution < -0.4 is 19.7 Å². The molecule has 0 bridgehead atoms. The first-order valence-corrected chi connectivity index (χ1v) is 8.84. The number of nitrogens with one attached hydrogen (secondary N) is 1. The number of ether oxygens (including phenoxy) is 3. The number of amides is 1. The molecule has 1 aliphatic heterocycles. The van der Waals surface area contributed by atoms with Gasteiger partial charge in [0.1, 0.15) is 0 Å². The van der Waals surface area contributed by atoms with Crippen LogP contribution >= 0.6 is 0 Å². The van der Waals surface area contributed by atoms with Crippen LogP contribution in [0.2, 0.25) is 0 Å². The summed E-state index contributed by atoms with van der Waals surface area (Å²) in [7, 11) is 3.16. The maximum Gasteiger partial charge on any atom is 0.248 e. The Morgan fingerprint density at radius 3 is 2.48 bits per heavy atom. The monoisotopic (exact) mass is 368 g/mol. The molecule has 27 heavy (non-hydrogen) atoms. The van der Waals surface area contributed by atoms with Gasteiger partial charge in [-0.05, 0) is 36.4 Å². The molecule has 0 radical (unpaired) electrons. The molecule has 0 aromatic heterocycles. The summed E-state index contributed by atoms with van der Waals surface area (Å²) in [6, 6.07) is 13.4. The van der Waals surface area contributed by atoms with Gasteiger partial charge < -0.3 is 24.4 Å². The Kier molecular flexibility index (Phi) is 6.33. The largest absolute Gasteiger partial charge is 0.493 e. The van der Waals surface area contributed by atoms with Crippen LogP contribution in [0.25, 0.3) is 6.08 Å². The van der Waals surface area contributed by atoms with Gasteiger partial charge in [-0.2, -0.15) is 0 Å². The van der Waals surface area contributed by atoms with Crippen molar-refractivity contribution in [2.24, 2.45) is 0 Å². The highest BCUT2D eigenvalue weighted by molar-refractivity contribution is 6.02. The SMILES string of the molecule is COc1cccc(C=CC(=O)Nc2ccc(N3CCOCC3)cc2)c1OC. The molecule has 0 atom stereocenters. The Balaban J connectivity index is 1.63. The van der Waals surface area contributed by atoms with Crippen LogP contribution in [0.15, 0.2) is 48.5 Å². The number of carbonyl (C=O) groups excluding carboxylic acids is 1. The Morgan fingerprint density at radius 2 is 1.81 bits per heavy atom. The zero-order valence-electron chi connectivity index (χ0n) is 15.6. The van der Waals surface area contributed by atoms with Crippen molar-refractivity contribution in [1.82, 2.24) is 0 Å². The molecule has 1 aliphatic rings. The van der Waals surface area contributed by atoms with Crippen LogP contribution in [0.5, 0.6) is 11.5 Å². The van der Waals surface area contributed by atoms with Crippen LogP contribution in [-0.2, 0) is 9.53 Å². The zero-order chi connectivity index (χ0) is 19.1. The van der Waals surface area contributed by atoms with E-state index < -0.39 is 0 Å². The van der Waals surface area contributed by atoms with Crippen molar-refractivity contribution >= 4 is 23.4 Å². The molecule has 1 fully saturated rings. The second-order valence-electron chi connectivity index (χ2n) is 6.05. The quantitative estimate of drug-likeness (QED) is 0.794. The lowest BCUT2D eigenvalue weighted by Gasteiger charge is -2.28. The summed E-state index contributed by atoms with van der Waals surface area (Å²) in [6.07, 6.45) is 3.19. The van der Waals surface area contributed by atoms with Crippen LogP contribution in [0.4, 0.5) is 11.4 Å². The second-order valence-corrected chi connectivity index (χ2v) is 6.05. The predicted molar refractivity (Wildman–Crippen MR) is 107 cm³/mol. The predicted octanol–water partition coefficient (Wildman–Crippen LogP) is 3.19. The Bertz CT molecular complexity index is 796. The molecule has 6 heteroatoms. The first kappa shape index (κ1) is 18.8. The van der Waals surface area contributed by atoms with Crippen LogP contribution in [0, 0.1) is 0 Å². The number of carbonyl (C=O) groups is 1. The van der Waals surface area contributed by atoms with Crippen molar-refractivity contribution in [3.05, 3.63) is 54.1 Å². The fourth-order valence-corrected chi connectivity index (χ4v) is 2.97. The first-order valence-electron chi connectivity index (χ1n) is 8.84. The van der Waals surface area contributed by atoms with E-state index in [-0.39, 0.29) is 5.91 Å². The van der Waals surface area contributed by atoms with E-state index in [4.69, 9.17) is 14.2 Å². The van der Waals surface area contributed by atoms with Crippen molar-refractivity contribution in [3.8, 4) is 11.5 Å². The molecule has 0 saturated carbocycles. The highest BCUT2D eigenvalue weighted by Crippen LogP contribution is 2.31. The number of morpholine rings is 1. The molecule has 1 saturated heterocycles. The zero-order valence-corrected chi connectivity index (χ0v) is 15.6. The average molecular weight is 368 g/mol. The first-order chi connectivity index (χ1) is 13.2. The maximum atomic E-state index is 12.2. The van der Waals surface area contributed by atoms with E-state index in [0.29, 0.717) is 11.5 Å². The van der Waals surface area contributed by atoms with Crippen molar-refractivity contribution in [2.75, 3.05) is 50.7 Å². The number of nitrogens with zero attached hydrogens (tertiary/aromatic N) is 1. The highest BCUT2D eigenvalue weighted by Gasteiger charge is 2.11. The van der Waals surface area contributed by atoms with Gasteiger partial charge in [-0.1, -0.05) is 12.1 Å². The molecule has 1 heterocycles. The molecule has 1 amide bonds. The van der Waals surface area contributed by atoms with Gasteiger partial charge in [-0.3, -0.25) is 4.79 Å². The van der Waals surface area contributed by atoms with Crippen molar-refractivity contribution in [2.45, 2.75) is 0 Å². The normalized spacial score (nSPS) is 14.2. The van der Waals surface area contributed by atoms with E-state index in [9.17, 15) is 4.79 Å². The fraction of sp³-hybridized carbons (Fsp3) is 0.286. The number of hydrogen-bond donors (Lipinski definition) is 1. The molecule has 1 N–H and O–H groups in total. The molecular formula is C21H24N2O4. The van der Waals surface area contributed by atoms with Gasteiger partial charge in [0.2, 0.25) is 5.91 Å². The molecule has 2 aromatic rings. The molecule has 6 nitrogen and oxygen atoms in total. The average Bonchev–Trinajstić information content (AvgIpc) is 2.73. The third kappa shape index (κ3) is 4.80. The number of para-hydroxylation sites is 1. The number of methoxy groups -OCH3 is 2. The van der Waals surface area contributed by atoms with Gasteiger partial charge in [0.25, 0.3) is 0 Å². The minimum absolute atomic E-state index is 0.209. The van der Waals surface area contributed by atoms with Gasteiger partial charge in [0.15, 0.2) is 11.5 Å². The highest BCUT2D eigenvalue weighted by atomic mass is 16.5. The summed E-state index contributed by atoms with van der Waals surface area (Å²) < 4.78 is 16.0. The van der Waals surface area contributed by atoms with E-state index in [0.717, 1.165) is 43.2 Å². The van der Waals surface area contributed by atoms with Crippen LogP contribution in [0.3, 0.4) is 0 Å². The molecule has 0 aliphatic carbocycles. The van der Waals surface area contributed by atoms with Crippen molar-refractivity contribution in [1.29, 1.82) is 0 Å². The van der Waals surface area contributed by atoms with Gasteiger partial charge in [-0.15, -0.1) is 0 Å².